The second-order valence-electron chi connectivity index (χ2n) is 3.54. The Balaban J connectivity index is 2.31. The van der Waals surface area contributed by atoms with E-state index in [1.807, 2.05) is 28.7 Å². The molecule has 0 saturated heterocycles. The number of nitrogens with one attached hydrogen (secondary N) is 2. The SMILES string of the molecule is N#CC(=CNc1ccc(I)cc1C(=O)O)c1nn[nH]n1. The maximum absolute atomic E-state index is 11.1. The predicted molar refractivity (Wildman–Crippen MR) is 77.5 cm³/mol. The number of carboxylic acid groups (broad SMARTS) is 1. The van der Waals surface area contributed by atoms with E-state index in [1.54, 1.807) is 12.1 Å². The van der Waals surface area contributed by atoms with Crippen molar-refractivity contribution in [2.75, 3.05) is 5.32 Å². The molecule has 0 unspecified atom stereocenters. The third-order valence-electron chi connectivity index (χ3n) is 2.29. The first-order chi connectivity index (χ1) is 9.61. The van der Waals surface area contributed by atoms with E-state index in [4.69, 9.17) is 10.4 Å². The minimum absolute atomic E-state index is 0.110. The summed E-state index contributed by atoms with van der Waals surface area (Å²) in [7, 11) is 0. The van der Waals surface area contributed by atoms with Crippen molar-refractivity contribution in [1.29, 1.82) is 5.26 Å². The molecule has 0 radical (unpaired) electrons. The summed E-state index contributed by atoms with van der Waals surface area (Å²) in [5.74, 6) is -0.931. The summed E-state index contributed by atoms with van der Waals surface area (Å²) in [6.45, 7) is 0. The van der Waals surface area contributed by atoms with Gasteiger partial charge in [-0.15, -0.1) is 10.2 Å². The van der Waals surface area contributed by atoms with Crippen molar-refractivity contribution >= 4 is 39.8 Å². The number of anilines is 1. The summed E-state index contributed by atoms with van der Waals surface area (Å²) in [6.07, 6.45) is 1.33. The maximum atomic E-state index is 11.1. The minimum Gasteiger partial charge on any atom is -0.478 e. The smallest absolute Gasteiger partial charge is 0.337 e. The number of nitriles is 1. The van der Waals surface area contributed by atoms with Gasteiger partial charge in [0.05, 0.1) is 11.3 Å². The van der Waals surface area contributed by atoms with Gasteiger partial charge in [0.25, 0.3) is 0 Å². The van der Waals surface area contributed by atoms with Crippen molar-refractivity contribution < 1.29 is 9.90 Å². The quantitative estimate of drug-likeness (QED) is 0.540. The molecule has 1 heterocycles. The van der Waals surface area contributed by atoms with Crippen molar-refractivity contribution in [2.45, 2.75) is 0 Å². The number of benzene rings is 1. The van der Waals surface area contributed by atoms with Crippen LogP contribution >= 0.6 is 22.6 Å². The highest BCUT2D eigenvalue weighted by Crippen LogP contribution is 2.20. The zero-order valence-electron chi connectivity index (χ0n) is 9.83. The molecule has 9 heteroatoms. The van der Waals surface area contributed by atoms with Gasteiger partial charge < -0.3 is 10.4 Å². The number of allylic oxidation sites excluding steroid dienone is 1. The van der Waals surface area contributed by atoms with Crippen LogP contribution in [-0.2, 0) is 0 Å². The Morgan fingerprint density at radius 2 is 2.35 bits per heavy atom. The molecule has 0 bridgehead atoms. The minimum atomic E-state index is -1.06. The molecule has 0 spiro atoms. The van der Waals surface area contributed by atoms with Crippen LogP contribution in [0.25, 0.3) is 5.57 Å². The van der Waals surface area contributed by atoms with Gasteiger partial charge in [-0.05, 0) is 46.0 Å². The molecule has 8 nitrogen and oxygen atoms in total. The molecule has 0 aliphatic rings. The second kappa shape index (κ2) is 6.11. The predicted octanol–water partition coefficient (Wildman–Crippen LogP) is 1.48. The molecule has 0 aliphatic heterocycles. The fourth-order valence-corrected chi connectivity index (χ4v) is 1.88. The Hall–Kier alpha value is -2.48. The van der Waals surface area contributed by atoms with Gasteiger partial charge in [-0.3, -0.25) is 0 Å². The Bertz CT molecular complexity index is 704. The van der Waals surface area contributed by atoms with Crippen LogP contribution in [0.15, 0.2) is 24.4 Å². The van der Waals surface area contributed by atoms with E-state index < -0.39 is 5.97 Å². The average molecular weight is 382 g/mol. The summed E-state index contributed by atoms with van der Waals surface area (Å²) in [4.78, 5) is 11.1. The molecule has 1 aromatic carbocycles. The van der Waals surface area contributed by atoms with Gasteiger partial charge in [-0.2, -0.15) is 10.5 Å². The molecule has 2 rings (SSSR count). The molecule has 0 atom stereocenters. The van der Waals surface area contributed by atoms with Crippen LogP contribution in [0.3, 0.4) is 0 Å². The zero-order chi connectivity index (χ0) is 14.5. The Kier molecular flexibility index (Phi) is 4.26. The van der Waals surface area contributed by atoms with Crippen molar-refractivity contribution in [1.82, 2.24) is 20.6 Å². The van der Waals surface area contributed by atoms with Crippen molar-refractivity contribution in [3.05, 3.63) is 39.4 Å². The third kappa shape index (κ3) is 3.09. The van der Waals surface area contributed by atoms with Gasteiger partial charge in [0.1, 0.15) is 11.6 Å². The van der Waals surface area contributed by atoms with Crippen molar-refractivity contribution in [3.63, 3.8) is 0 Å². The summed E-state index contributed by atoms with van der Waals surface area (Å²) < 4.78 is 0.799. The maximum Gasteiger partial charge on any atom is 0.337 e. The zero-order valence-corrected chi connectivity index (χ0v) is 12.0. The normalized spacial score (nSPS) is 10.9. The Labute approximate surface area is 126 Å². The molecule has 0 aliphatic carbocycles. The number of carboxylic acids is 1. The number of H-pyrrole nitrogens is 1. The van der Waals surface area contributed by atoms with E-state index in [0.29, 0.717) is 5.69 Å². The average Bonchev–Trinajstić information content (AvgIpc) is 2.94. The number of aromatic nitrogens is 4. The number of aromatic carboxylic acids is 1. The van der Waals surface area contributed by atoms with Gasteiger partial charge in [0, 0.05) is 9.77 Å². The fourth-order valence-electron chi connectivity index (χ4n) is 1.39. The van der Waals surface area contributed by atoms with Gasteiger partial charge in [-0.25, -0.2) is 4.79 Å². The number of halogens is 1. The molecule has 20 heavy (non-hydrogen) atoms. The van der Waals surface area contributed by atoms with E-state index in [0.717, 1.165) is 3.57 Å². The van der Waals surface area contributed by atoms with E-state index in [1.165, 1.54) is 12.3 Å². The Morgan fingerprint density at radius 1 is 1.55 bits per heavy atom. The summed E-state index contributed by atoms with van der Waals surface area (Å²) in [5, 5.41) is 33.8. The standard InChI is InChI=1S/C11H7IN6O2/c12-7-1-2-9(8(3-7)11(19)20)14-5-6(4-13)10-15-17-18-16-10/h1-3,5,14H,(H,19,20)(H,15,16,17,18). The van der Waals surface area contributed by atoms with Crippen LogP contribution in [0.4, 0.5) is 5.69 Å². The Morgan fingerprint density at radius 3 is 2.95 bits per heavy atom. The van der Waals surface area contributed by atoms with E-state index in [2.05, 4.69) is 25.9 Å². The van der Waals surface area contributed by atoms with Crippen LogP contribution in [0, 0.1) is 14.9 Å². The number of hydrogen-bond acceptors (Lipinski definition) is 6. The number of rotatable bonds is 4. The monoisotopic (exact) mass is 382 g/mol. The molecule has 0 saturated carbocycles. The van der Waals surface area contributed by atoms with Crippen LogP contribution in [0.5, 0.6) is 0 Å². The van der Waals surface area contributed by atoms with Crippen LogP contribution in [-0.4, -0.2) is 31.7 Å². The number of nitrogens with zero attached hydrogens (tertiary/aromatic N) is 4. The lowest BCUT2D eigenvalue weighted by molar-refractivity contribution is 0.0698. The summed E-state index contributed by atoms with van der Waals surface area (Å²) >= 11 is 2.02. The van der Waals surface area contributed by atoms with Crippen LogP contribution in [0.2, 0.25) is 0 Å². The molecular weight excluding hydrogens is 375 g/mol. The van der Waals surface area contributed by atoms with Gasteiger partial charge in [0.15, 0.2) is 0 Å². The van der Waals surface area contributed by atoms with Crippen LogP contribution < -0.4 is 5.32 Å². The van der Waals surface area contributed by atoms with Gasteiger partial charge in [0.2, 0.25) is 5.82 Å². The first-order valence-electron chi connectivity index (χ1n) is 5.25. The third-order valence-corrected chi connectivity index (χ3v) is 2.96. The molecule has 3 N–H and O–H groups in total. The second-order valence-corrected chi connectivity index (χ2v) is 4.79. The first-order valence-corrected chi connectivity index (χ1v) is 6.33. The first kappa shape index (κ1) is 13.9. The van der Waals surface area contributed by atoms with Crippen LogP contribution in [0.1, 0.15) is 16.2 Å². The summed E-state index contributed by atoms with van der Waals surface area (Å²) in [5.41, 5.74) is 0.612. The van der Waals surface area contributed by atoms with Crippen molar-refractivity contribution in [2.24, 2.45) is 0 Å². The highest BCUT2D eigenvalue weighted by atomic mass is 127. The lowest BCUT2D eigenvalue weighted by atomic mass is 10.2. The number of carbonyl (C=O) groups is 1. The van der Waals surface area contributed by atoms with E-state index >= 15 is 0 Å². The highest BCUT2D eigenvalue weighted by molar-refractivity contribution is 14.1. The van der Waals surface area contributed by atoms with Gasteiger partial charge in [-0.1, -0.05) is 0 Å². The van der Waals surface area contributed by atoms with Crippen molar-refractivity contribution in [3.8, 4) is 6.07 Å². The largest absolute Gasteiger partial charge is 0.478 e. The number of hydrogen-bond donors (Lipinski definition) is 3. The lowest BCUT2D eigenvalue weighted by Gasteiger charge is -2.06. The fraction of sp³-hybridized carbons (Fsp3) is 0. The topological polar surface area (TPSA) is 128 Å². The summed E-state index contributed by atoms with van der Waals surface area (Å²) in [6, 6.07) is 6.80. The van der Waals surface area contributed by atoms with Gasteiger partial charge >= 0.3 is 5.97 Å². The van der Waals surface area contributed by atoms with E-state index in [-0.39, 0.29) is 17.0 Å². The molecule has 100 valence electrons. The number of tetrazole rings is 1. The molecule has 1 aromatic heterocycles. The molecular formula is C11H7IN6O2. The lowest BCUT2D eigenvalue weighted by Crippen LogP contribution is -2.03. The molecule has 0 fully saturated rings. The van der Waals surface area contributed by atoms with E-state index in [9.17, 15) is 4.79 Å². The number of aromatic amines is 1. The highest BCUT2D eigenvalue weighted by Gasteiger charge is 2.11. The molecule has 0 amide bonds. The molecule has 2 aromatic rings.